The number of rotatable bonds is 4. The van der Waals surface area contributed by atoms with Gasteiger partial charge in [-0.1, -0.05) is 109 Å². The lowest BCUT2D eigenvalue weighted by Crippen LogP contribution is -2.54. The van der Waals surface area contributed by atoms with Crippen LogP contribution >= 0.6 is 0 Å². The van der Waals surface area contributed by atoms with Crippen molar-refractivity contribution >= 4 is 23.5 Å². The standard InChI is InChI=1S/C34H28N2O2/c37-30(20-19-23-11-3-1-4-12-23)32-31(24-13-5-2-6-14-24)29-21-25-15-7-8-16-26(25)22-36(29)34(32)27-17-9-10-18-28(27)35-33(34)38/h1-20,29,31-32H,21-22H2,(H,35,38)/b20-19+/t29-,31-,32+,34+/m0/s1. The van der Waals surface area contributed by atoms with Crippen molar-refractivity contribution in [2.24, 2.45) is 5.92 Å². The summed E-state index contributed by atoms with van der Waals surface area (Å²) in [6, 6.07) is 36.5. The van der Waals surface area contributed by atoms with Crippen LogP contribution in [0.4, 0.5) is 5.69 Å². The number of benzene rings is 4. The Kier molecular flexibility index (Phi) is 5.38. The van der Waals surface area contributed by atoms with Crippen molar-refractivity contribution < 1.29 is 9.59 Å². The topological polar surface area (TPSA) is 49.4 Å². The maximum atomic E-state index is 14.4. The molecule has 4 aromatic rings. The summed E-state index contributed by atoms with van der Waals surface area (Å²) in [4.78, 5) is 31.0. The number of hydrogen-bond acceptors (Lipinski definition) is 3. The highest BCUT2D eigenvalue weighted by Gasteiger charge is 2.68. The van der Waals surface area contributed by atoms with E-state index in [0.29, 0.717) is 6.54 Å². The molecule has 1 spiro atoms. The number of hydrogen-bond donors (Lipinski definition) is 1. The summed E-state index contributed by atoms with van der Waals surface area (Å²) in [6.07, 6.45) is 4.36. The molecule has 0 aliphatic carbocycles. The number of nitrogens with one attached hydrogen (secondary N) is 1. The van der Waals surface area contributed by atoms with E-state index < -0.39 is 11.5 Å². The van der Waals surface area contributed by atoms with E-state index in [0.717, 1.165) is 28.8 Å². The van der Waals surface area contributed by atoms with Crippen LogP contribution in [0.3, 0.4) is 0 Å². The highest BCUT2D eigenvalue weighted by Crippen LogP contribution is 2.60. The molecule has 0 aromatic heterocycles. The van der Waals surface area contributed by atoms with Gasteiger partial charge in [-0.05, 0) is 40.8 Å². The highest BCUT2D eigenvalue weighted by molar-refractivity contribution is 6.11. The van der Waals surface area contributed by atoms with Gasteiger partial charge in [-0.15, -0.1) is 0 Å². The summed E-state index contributed by atoms with van der Waals surface area (Å²) >= 11 is 0. The van der Waals surface area contributed by atoms with Crippen LogP contribution in [0.25, 0.3) is 6.08 Å². The van der Waals surface area contributed by atoms with Crippen LogP contribution in [0, 0.1) is 5.92 Å². The third kappa shape index (κ3) is 3.34. The van der Waals surface area contributed by atoms with Crippen molar-refractivity contribution in [2.75, 3.05) is 5.32 Å². The molecule has 4 atom stereocenters. The molecule has 38 heavy (non-hydrogen) atoms. The predicted octanol–water partition coefficient (Wildman–Crippen LogP) is 5.96. The zero-order valence-electron chi connectivity index (χ0n) is 21.0. The Balaban J connectivity index is 1.46. The quantitative estimate of drug-likeness (QED) is 0.355. The van der Waals surface area contributed by atoms with Crippen LogP contribution in [0.5, 0.6) is 0 Å². The Morgan fingerprint density at radius 2 is 1.47 bits per heavy atom. The maximum absolute atomic E-state index is 14.4. The van der Waals surface area contributed by atoms with Crippen molar-refractivity contribution in [2.45, 2.75) is 30.5 Å². The molecule has 186 valence electrons. The van der Waals surface area contributed by atoms with Gasteiger partial charge in [0.1, 0.15) is 5.54 Å². The lowest BCUT2D eigenvalue weighted by molar-refractivity contribution is -0.135. The van der Waals surface area contributed by atoms with Crippen molar-refractivity contribution in [3.63, 3.8) is 0 Å². The fourth-order valence-electron chi connectivity index (χ4n) is 7.09. The minimum atomic E-state index is -1.09. The minimum absolute atomic E-state index is 0.00304. The van der Waals surface area contributed by atoms with Crippen LogP contribution in [0.15, 0.2) is 115 Å². The van der Waals surface area contributed by atoms with Gasteiger partial charge >= 0.3 is 0 Å². The largest absolute Gasteiger partial charge is 0.324 e. The first-order valence-corrected chi connectivity index (χ1v) is 13.2. The fourth-order valence-corrected chi connectivity index (χ4v) is 7.09. The molecule has 0 radical (unpaired) electrons. The summed E-state index contributed by atoms with van der Waals surface area (Å²) in [5, 5.41) is 3.16. The summed E-state index contributed by atoms with van der Waals surface area (Å²) in [5.41, 5.74) is 5.19. The van der Waals surface area contributed by atoms with E-state index in [1.807, 2.05) is 78.9 Å². The molecule has 1 N–H and O–H groups in total. The van der Waals surface area contributed by atoms with Gasteiger partial charge in [-0.2, -0.15) is 0 Å². The summed E-state index contributed by atoms with van der Waals surface area (Å²) in [5.74, 6) is -0.844. The van der Waals surface area contributed by atoms with Gasteiger partial charge in [0.2, 0.25) is 5.91 Å². The average molecular weight is 497 g/mol. The second-order valence-corrected chi connectivity index (χ2v) is 10.5. The second-order valence-electron chi connectivity index (χ2n) is 10.5. The number of ketones is 1. The predicted molar refractivity (Wildman–Crippen MR) is 149 cm³/mol. The second kappa shape index (κ2) is 8.93. The number of anilines is 1. The van der Waals surface area contributed by atoms with E-state index in [-0.39, 0.29) is 23.7 Å². The van der Waals surface area contributed by atoms with Gasteiger partial charge in [-0.25, -0.2) is 0 Å². The van der Waals surface area contributed by atoms with Gasteiger partial charge < -0.3 is 5.32 Å². The van der Waals surface area contributed by atoms with Crippen molar-refractivity contribution in [1.82, 2.24) is 4.90 Å². The lowest BCUT2D eigenvalue weighted by Gasteiger charge is -2.41. The maximum Gasteiger partial charge on any atom is 0.250 e. The molecule has 4 heteroatoms. The summed E-state index contributed by atoms with van der Waals surface area (Å²) in [6.45, 7) is 0.623. The van der Waals surface area contributed by atoms with E-state index in [1.165, 1.54) is 11.1 Å². The zero-order chi connectivity index (χ0) is 25.7. The minimum Gasteiger partial charge on any atom is -0.324 e. The van der Waals surface area contributed by atoms with E-state index in [9.17, 15) is 9.59 Å². The van der Waals surface area contributed by atoms with Crippen LogP contribution in [-0.4, -0.2) is 22.6 Å². The Labute approximate surface area is 222 Å². The molecular weight excluding hydrogens is 468 g/mol. The number of allylic oxidation sites excluding steroid dienone is 1. The van der Waals surface area contributed by atoms with Gasteiger partial charge in [0.05, 0.1) is 5.92 Å². The zero-order valence-corrected chi connectivity index (χ0v) is 21.0. The molecule has 0 bridgehead atoms. The van der Waals surface area contributed by atoms with Crippen LogP contribution in [0.1, 0.15) is 33.7 Å². The Morgan fingerprint density at radius 3 is 2.26 bits per heavy atom. The Hall–Kier alpha value is -4.28. The monoisotopic (exact) mass is 496 g/mol. The van der Waals surface area contributed by atoms with Crippen LogP contribution in [0.2, 0.25) is 0 Å². The van der Waals surface area contributed by atoms with Crippen molar-refractivity contribution in [3.05, 3.63) is 143 Å². The molecule has 1 fully saturated rings. The third-order valence-corrected chi connectivity index (χ3v) is 8.63. The first-order chi connectivity index (χ1) is 18.7. The molecular formula is C34H28N2O2. The van der Waals surface area contributed by atoms with Crippen LogP contribution < -0.4 is 5.32 Å². The number of nitrogens with zero attached hydrogens (tertiary/aromatic N) is 1. The molecule has 1 amide bonds. The summed E-state index contributed by atoms with van der Waals surface area (Å²) < 4.78 is 0. The number of fused-ring (bicyclic) bond motifs is 5. The highest BCUT2D eigenvalue weighted by atomic mass is 16.2. The fraction of sp³-hybridized carbons (Fsp3) is 0.176. The van der Waals surface area contributed by atoms with Gasteiger partial charge in [0.15, 0.2) is 5.78 Å². The molecule has 7 rings (SSSR count). The van der Waals surface area contributed by atoms with Gasteiger partial charge in [0.25, 0.3) is 0 Å². The SMILES string of the molecule is O=C(/C=C/c1ccccc1)[C@@H]1[C@@H](c2ccccc2)[C@@H]2Cc3ccccc3CN2[C@@]12C(=O)Nc1ccccc12. The normalized spacial score (nSPS) is 25.7. The van der Waals surface area contributed by atoms with Crippen LogP contribution in [-0.2, 0) is 28.1 Å². The van der Waals surface area contributed by atoms with E-state index in [4.69, 9.17) is 0 Å². The van der Waals surface area contributed by atoms with E-state index >= 15 is 0 Å². The Morgan fingerprint density at radius 1 is 0.816 bits per heavy atom. The molecule has 3 aliphatic heterocycles. The van der Waals surface area contributed by atoms with E-state index in [2.05, 4.69) is 46.6 Å². The molecule has 3 aliphatic rings. The molecule has 0 unspecified atom stereocenters. The molecule has 4 aromatic carbocycles. The summed E-state index contributed by atoms with van der Waals surface area (Å²) in [7, 11) is 0. The average Bonchev–Trinajstić information content (AvgIpc) is 3.43. The molecule has 4 nitrogen and oxygen atoms in total. The molecule has 1 saturated heterocycles. The smallest absolute Gasteiger partial charge is 0.250 e. The third-order valence-electron chi connectivity index (χ3n) is 8.63. The Bertz CT molecular complexity index is 1560. The number of para-hydroxylation sites is 1. The number of carbonyl (C=O) groups is 2. The van der Waals surface area contributed by atoms with E-state index in [1.54, 1.807) is 6.08 Å². The van der Waals surface area contributed by atoms with Gasteiger partial charge in [-0.3, -0.25) is 14.5 Å². The molecule has 3 heterocycles. The lowest BCUT2D eigenvalue weighted by atomic mass is 9.70. The first-order valence-electron chi connectivity index (χ1n) is 13.2. The molecule has 0 saturated carbocycles. The first kappa shape index (κ1) is 22.9. The van der Waals surface area contributed by atoms with Crippen molar-refractivity contribution in [1.29, 1.82) is 0 Å². The van der Waals surface area contributed by atoms with Gasteiger partial charge in [0, 0.05) is 29.8 Å². The number of carbonyl (C=O) groups excluding carboxylic acids is 2. The number of amides is 1. The van der Waals surface area contributed by atoms with Crippen molar-refractivity contribution in [3.8, 4) is 0 Å².